The minimum Gasteiger partial charge on any atom is -0.480 e. The van der Waals surface area contributed by atoms with Crippen molar-refractivity contribution in [2.75, 3.05) is 6.61 Å². The summed E-state index contributed by atoms with van der Waals surface area (Å²) in [7, 11) is -4.42. The number of hydrogen-bond acceptors (Lipinski definition) is 5. The van der Waals surface area contributed by atoms with Crippen LogP contribution in [-0.4, -0.2) is 32.4 Å². The second-order valence-electron chi connectivity index (χ2n) is 9.88. The van der Waals surface area contributed by atoms with Gasteiger partial charge in [0.25, 0.3) is 0 Å². The third-order valence-electron chi connectivity index (χ3n) is 8.51. The maximum atomic E-state index is 12.8. The first kappa shape index (κ1) is 21.3. The zero-order valence-electron chi connectivity index (χ0n) is 17.1. The molecule has 2 unspecified atom stereocenters. The number of aryl methyl sites for hydroxylation is 1. The highest BCUT2D eigenvalue weighted by atomic mass is 32.2. The highest BCUT2D eigenvalue weighted by Gasteiger charge is 2.76. The van der Waals surface area contributed by atoms with E-state index in [4.69, 9.17) is 14.1 Å². The maximum Gasteiger partial charge on any atom is 0.422 e. The van der Waals surface area contributed by atoms with Crippen molar-refractivity contribution in [3.05, 3.63) is 23.3 Å². The molecule has 6 nitrogen and oxygen atoms in total. The van der Waals surface area contributed by atoms with Crippen LogP contribution in [0.5, 0.6) is 11.5 Å². The number of fused-ring (bicyclic) bond motifs is 3. The van der Waals surface area contributed by atoms with Crippen molar-refractivity contribution in [3.8, 4) is 11.5 Å². The highest BCUT2D eigenvalue weighted by Crippen LogP contribution is 2.81. The van der Waals surface area contributed by atoms with Crippen LogP contribution < -0.4 is 14.1 Å². The van der Waals surface area contributed by atoms with Gasteiger partial charge in [0.15, 0.2) is 18.1 Å². The van der Waals surface area contributed by atoms with E-state index in [1.807, 2.05) is 0 Å². The molecule has 3 fully saturated rings. The van der Waals surface area contributed by atoms with Crippen LogP contribution in [0.4, 0.5) is 13.2 Å². The number of aliphatic hydroxyl groups is 1. The zero-order valence-corrected chi connectivity index (χ0v) is 17.9. The molecule has 6 atom stereocenters. The molecule has 0 aromatic heterocycles. The molecule has 0 saturated heterocycles. The molecule has 0 heterocycles. The van der Waals surface area contributed by atoms with E-state index < -0.39 is 23.1 Å². The molecular weight excluding hydrogens is 435 g/mol. The Hall–Kier alpha value is -1.52. The van der Waals surface area contributed by atoms with Crippen molar-refractivity contribution in [2.45, 2.75) is 63.6 Å². The lowest BCUT2D eigenvalue weighted by atomic mass is 9.52. The molecule has 1 aromatic carbocycles. The van der Waals surface area contributed by atoms with Crippen LogP contribution in [0.25, 0.3) is 0 Å². The maximum absolute atomic E-state index is 12.8. The molecule has 172 valence electrons. The van der Waals surface area contributed by atoms with Gasteiger partial charge >= 0.3 is 16.5 Å². The van der Waals surface area contributed by atoms with Gasteiger partial charge < -0.3 is 14.0 Å². The number of benzene rings is 1. The molecule has 0 radical (unpaired) electrons. The van der Waals surface area contributed by atoms with Gasteiger partial charge in [-0.25, -0.2) is 0 Å². The molecule has 0 amide bonds. The van der Waals surface area contributed by atoms with Crippen molar-refractivity contribution < 1.29 is 35.6 Å². The second-order valence-corrected chi connectivity index (χ2v) is 11.0. The fourth-order valence-corrected chi connectivity index (χ4v) is 7.64. The van der Waals surface area contributed by atoms with Crippen molar-refractivity contribution in [1.29, 1.82) is 0 Å². The van der Waals surface area contributed by atoms with Crippen LogP contribution in [0.1, 0.15) is 56.1 Å². The molecule has 3 N–H and O–H groups in total. The van der Waals surface area contributed by atoms with Gasteiger partial charge in [0.1, 0.15) is 0 Å². The van der Waals surface area contributed by atoms with Gasteiger partial charge in [0, 0.05) is 0 Å². The smallest absolute Gasteiger partial charge is 0.422 e. The molecule has 4 aliphatic carbocycles. The lowest BCUT2D eigenvalue weighted by Gasteiger charge is -2.52. The molecule has 10 heteroatoms. The predicted molar refractivity (Wildman–Crippen MR) is 105 cm³/mol. The number of rotatable bonds is 4. The molecule has 0 bridgehead atoms. The number of nitrogens with two attached hydrogens (primary N) is 1. The topological polar surface area (TPSA) is 98.9 Å². The summed E-state index contributed by atoms with van der Waals surface area (Å²) in [6, 6.07) is 2.97. The summed E-state index contributed by atoms with van der Waals surface area (Å²) in [5.41, 5.74) is 1.74. The van der Waals surface area contributed by atoms with Gasteiger partial charge in [-0.05, 0) is 90.4 Å². The largest absolute Gasteiger partial charge is 0.480 e. The van der Waals surface area contributed by atoms with Gasteiger partial charge in [0.05, 0.1) is 6.10 Å². The van der Waals surface area contributed by atoms with Crippen molar-refractivity contribution in [2.24, 2.45) is 27.8 Å². The van der Waals surface area contributed by atoms with Gasteiger partial charge in [-0.2, -0.15) is 26.7 Å². The number of halogens is 3. The lowest BCUT2D eigenvalue weighted by Crippen LogP contribution is -2.47. The Morgan fingerprint density at radius 1 is 1.26 bits per heavy atom. The Bertz CT molecular complexity index is 1030. The molecule has 3 saturated carbocycles. The van der Waals surface area contributed by atoms with Crippen LogP contribution in [0.3, 0.4) is 0 Å². The Kier molecular flexibility index (Phi) is 4.48. The highest BCUT2D eigenvalue weighted by molar-refractivity contribution is 7.84. The summed E-state index contributed by atoms with van der Waals surface area (Å²) >= 11 is 0. The van der Waals surface area contributed by atoms with Crippen molar-refractivity contribution in [3.63, 3.8) is 0 Å². The van der Waals surface area contributed by atoms with Crippen molar-refractivity contribution in [1.82, 2.24) is 0 Å². The summed E-state index contributed by atoms with van der Waals surface area (Å²) in [5.74, 6) is 0.414. The van der Waals surface area contributed by atoms with E-state index in [2.05, 4.69) is 6.92 Å². The van der Waals surface area contributed by atoms with Gasteiger partial charge in [-0.1, -0.05) is 6.92 Å². The van der Waals surface area contributed by atoms with Crippen LogP contribution >= 0.6 is 0 Å². The minimum atomic E-state index is -4.58. The average molecular weight is 462 g/mol. The minimum absolute atomic E-state index is 0.0930. The molecule has 1 aromatic rings. The number of alkyl halides is 3. The Morgan fingerprint density at radius 2 is 2.00 bits per heavy atom. The fraction of sp³-hybridized carbons (Fsp3) is 0.714. The van der Waals surface area contributed by atoms with Crippen LogP contribution in [0.2, 0.25) is 0 Å². The molecule has 5 rings (SSSR count). The zero-order chi connectivity index (χ0) is 22.4. The average Bonchev–Trinajstić information content (AvgIpc) is 3.30. The third-order valence-corrected chi connectivity index (χ3v) is 8.92. The lowest BCUT2D eigenvalue weighted by molar-refractivity contribution is -0.153. The van der Waals surface area contributed by atoms with E-state index in [0.717, 1.165) is 43.2 Å². The fourth-order valence-electron chi connectivity index (χ4n) is 7.26. The summed E-state index contributed by atoms with van der Waals surface area (Å²) in [4.78, 5) is 0. The van der Waals surface area contributed by atoms with Crippen LogP contribution in [0.15, 0.2) is 12.1 Å². The van der Waals surface area contributed by atoms with Gasteiger partial charge in [-0.15, -0.1) is 0 Å². The van der Waals surface area contributed by atoms with E-state index in [9.17, 15) is 26.7 Å². The van der Waals surface area contributed by atoms with E-state index >= 15 is 0 Å². The first-order chi connectivity index (χ1) is 14.3. The molecule has 0 aliphatic heterocycles. The van der Waals surface area contributed by atoms with E-state index in [-0.39, 0.29) is 34.4 Å². The standard InChI is InChI=1S/C21H26F3NO5S/c1-19-5-4-13-14-8-16(29-10-21(22,23)24)17(30-31(25,27)28)6-11(14)2-3-15(13)20(19)9-12(20)7-18(19)26/h6,8,12-13,15,18,26H,2-5,7,9-10H2,1H3,(H2,25,27,28)/t12-,13?,15?,18+,19-,20+/m1/s1. The SMILES string of the molecule is C[C@]12CCC3c4cc(OCC(F)(F)F)c(OS(N)(=O)=O)cc4CCC3[C@@]13C[C@H]3C[C@@H]2O. The number of hydrogen-bond donors (Lipinski definition) is 2. The predicted octanol–water partition coefficient (Wildman–Crippen LogP) is 3.43. The Balaban J connectivity index is 1.52. The van der Waals surface area contributed by atoms with Crippen molar-refractivity contribution >= 4 is 10.3 Å². The van der Waals surface area contributed by atoms with E-state index in [0.29, 0.717) is 18.3 Å². The number of aliphatic hydroxyl groups excluding tert-OH is 1. The molecular formula is C21H26F3NO5S. The third kappa shape index (κ3) is 3.24. The first-order valence-corrected chi connectivity index (χ1v) is 12.1. The Labute approximate surface area is 179 Å². The summed E-state index contributed by atoms with van der Waals surface area (Å²) in [5, 5.41) is 15.6. The molecule has 1 spiro atoms. The van der Waals surface area contributed by atoms with Crippen LogP contribution in [0, 0.1) is 22.7 Å². The number of ether oxygens (including phenoxy) is 1. The normalized spacial score (nSPS) is 38.5. The molecule has 4 aliphatic rings. The van der Waals surface area contributed by atoms with Gasteiger partial charge in [-0.3, -0.25) is 0 Å². The second kappa shape index (κ2) is 6.51. The summed E-state index contributed by atoms with van der Waals surface area (Å²) in [6.45, 7) is 0.633. The van der Waals surface area contributed by atoms with E-state index in [1.165, 1.54) is 12.1 Å². The molecule has 31 heavy (non-hydrogen) atoms. The van der Waals surface area contributed by atoms with Crippen LogP contribution in [-0.2, 0) is 16.7 Å². The van der Waals surface area contributed by atoms with E-state index in [1.54, 1.807) is 0 Å². The quantitative estimate of drug-likeness (QED) is 0.716. The monoisotopic (exact) mass is 461 g/mol. The Morgan fingerprint density at radius 3 is 2.68 bits per heavy atom. The first-order valence-electron chi connectivity index (χ1n) is 10.6. The van der Waals surface area contributed by atoms with Gasteiger partial charge in [0.2, 0.25) is 0 Å². The summed E-state index contributed by atoms with van der Waals surface area (Å²) in [6.07, 6.45) is 0.294. The summed E-state index contributed by atoms with van der Waals surface area (Å²) < 4.78 is 70.9.